The van der Waals surface area contributed by atoms with Crippen molar-refractivity contribution in [2.45, 2.75) is 6.42 Å². The van der Waals surface area contributed by atoms with E-state index in [-0.39, 0.29) is 10.7 Å². The quantitative estimate of drug-likeness (QED) is 0.552. The maximum absolute atomic E-state index is 4.13. The van der Waals surface area contributed by atoms with E-state index in [1.165, 1.54) is 23.4 Å². The molecular formula is C10H13NS. The summed E-state index contributed by atoms with van der Waals surface area (Å²) in [6.07, 6.45) is 1.19. The van der Waals surface area contributed by atoms with E-state index in [2.05, 4.69) is 41.5 Å². The van der Waals surface area contributed by atoms with Gasteiger partial charge >= 0.3 is 0 Å². The van der Waals surface area contributed by atoms with Gasteiger partial charge in [-0.15, -0.1) is 10.7 Å². The van der Waals surface area contributed by atoms with Gasteiger partial charge in [-0.2, -0.15) is 0 Å². The van der Waals surface area contributed by atoms with Crippen molar-refractivity contribution in [2.24, 2.45) is 0 Å². The predicted molar refractivity (Wildman–Crippen MR) is 58.1 cm³/mol. The average molecular weight is 179 g/mol. The number of para-hydroxylation sites is 1. The third-order valence-electron chi connectivity index (χ3n) is 2.33. The second kappa shape index (κ2) is 2.94. The van der Waals surface area contributed by atoms with Crippen molar-refractivity contribution in [3.63, 3.8) is 0 Å². The Hall–Kier alpha value is -0.760. The molecule has 1 unspecified atom stereocenters. The number of nitrogens with zero attached hydrogens (tertiary/aromatic N) is 1. The summed E-state index contributed by atoms with van der Waals surface area (Å²) in [5.41, 5.74) is 2.83. The topological polar surface area (TPSA) is 3.24 Å². The first-order valence-electron chi connectivity index (χ1n) is 4.11. The van der Waals surface area contributed by atoms with Gasteiger partial charge in [0.25, 0.3) is 0 Å². The lowest BCUT2D eigenvalue weighted by atomic mass is 10.1. The summed E-state index contributed by atoms with van der Waals surface area (Å²) in [6.45, 7) is 0. The van der Waals surface area contributed by atoms with Gasteiger partial charge in [0.05, 0.1) is 0 Å². The second-order valence-corrected chi connectivity index (χ2v) is 4.92. The fraction of sp³-hybridized carbons (Fsp3) is 0.300. The number of anilines is 1. The average Bonchev–Trinajstić information content (AvgIpc) is 2.12. The highest BCUT2D eigenvalue weighted by Gasteiger charge is 2.14. The number of fused-ring (bicyclic) bond motifs is 1. The zero-order valence-electron chi connectivity index (χ0n) is 7.29. The fourth-order valence-corrected chi connectivity index (χ4v) is 2.72. The van der Waals surface area contributed by atoms with Crippen LogP contribution in [-0.2, 0) is 6.42 Å². The Kier molecular flexibility index (Phi) is 1.93. The molecule has 1 heterocycles. The van der Waals surface area contributed by atoms with E-state index in [1.54, 1.807) is 0 Å². The van der Waals surface area contributed by atoms with Gasteiger partial charge in [0.1, 0.15) is 0 Å². The summed E-state index contributed by atoms with van der Waals surface area (Å²) >= 11 is 0. The van der Waals surface area contributed by atoms with Gasteiger partial charge in [-0.25, -0.2) is 0 Å². The largest absolute Gasteiger partial charge is 0.325 e. The molecule has 0 saturated carbocycles. The van der Waals surface area contributed by atoms with Crippen molar-refractivity contribution in [1.82, 2.24) is 0 Å². The number of benzene rings is 1. The maximum Gasteiger partial charge on any atom is 0.0493 e. The minimum atomic E-state index is 0.187. The Morgan fingerprint density at radius 3 is 3.00 bits per heavy atom. The van der Waals surface area contributed by atoms with Crippen LogP contribution >= 0.6 is 10.7 Å². The molecular weight excluding hydrogens is 166 g/mol. The molecule has 0 saturated heterocycles. The molecule has 1 aliphatic heterocycles. The first-order valence-corrected chi connectivity index (χ1v) is 5.63. The number of hydrogen-bond acceptors (Lipinski definition) is 1. The summed E-state index contributed by atoms with van der Waals surface area (Å²) in [7, 11) is 2.32. The van der Waals surface area contributed by atoms with Crippen LogP contribution in [0.25, 0.3) is 0 Å². The Bertz CT molecular complexity index is 319. The van der Waals surface area contributed by atoms with Crippen molar-refractivity contribution in [2.75, 3.05) is 17.1 Å². The van der Waals surface area contributed by atoms with Crippen LogP contribution in [0.3, 0.4) is 0 Å². The Morgan fingerprint density at radius 2 is 2.17 bits per heavy atom. The van der Waals surface area contributed by atoms with Gasteiger partial charge in [-0.3, -0.25) is 0 Å². The van der Waals surface area contributed by atoms with E-state index in [4.69, 9.17) is 0 Å². The number of rotatable bonds is 0. The summed E-state index contributed by atoms with van der Waals surface area (Å²) in [4.78, 5) is 0. The molecule has 1 atom stereocenters. The van der Waals surface area contributed by atoms with Gasteiger partial charge in [-0.05, 0) is 18.1 Å². The molecule has 0 spiro atoms. The molecule has 0 fully saturated rings. The highest BCUT2D eigenvalue weighted by atomic mass is 32.2. The Morgan fingerprint density at radius 1 is 1.42 bits per heavy atom. The molecule has 1 aromatic carbocycles. The predicted octanol–water partition coefficient (Wildman–Crippen LogP) is 2.29. The zero-order chi connectivity index (χ0) is 8.55. The van der Waals surface area contributed by atoms with Crippen LogP contribution in [0.2, 0.25) is 0 Å². The first-order chi connectivity index (χ1) is 5.79. The standard InChI is InChI=1S/C10H13NS/c1-11-10-6-4-3-5-9(10)7-8-12(11)2/h3-6H,2,7-8H2,1H3. The highest BCUT2D eigenvalue weighted by molar-refractivity contribution is 8.15. The molecule has 0 radical (unpaired) electrons. The van der Waals surface area contributed by atoms with Crippen LogP contribution in [0.5, 0.6) is 0 Å². The lowest BCUT2D eigenvalue weighted by Gasteiger charge is -2.30. The van der Waals surface area contributed by atoms with Crippen LogP contribution in [-0.4, -0.2) is 18.7 Å². The van der Waals surface area contributed by atoms with Crippen molar-refractivity contribution in [3.05, 3.63) is 29.8 Å². The molecule has 2 heteroatoms. The number of hydrogen-bond donors (Lipinski definition) is 0. The van der Waals surface area contributed by atoms with E-state index < -0.39 is 0 Å². The molecule has 2 rings (SSSR count). The Labute approximate surface area is 76.1 Å². The molecule has 1 aromatic rings. The van der Waals surface area contributed by atoms with Crippen molar-refractivity contribution in [1.29, 1.82) is 0 Å². The monoisotopic (exact) mass is 179 g/mol. The molecule has 0 N–H and O–H groups in total. The third-order valence-corrected chi connectivity index (χ3v) is 3.97. The van der Waals surface area contributed by atoms with E-state index in [0.29, 0.717) is 0 Å². The third kappa shape index (κ3) is 1.16. The fourth-order valence-electron chi connectivity index (χ4n) is 1.53. The summed E-state index contributed by atoms with van der Waals surface area (Å²) in [5.74, 6) is 5.33. The first kappa shape index (κ1) is 7.87. The van der Waals surface area contributed by atoms with Gasteiger partial charge in [-0.1, -0.05) is 24.1 Å². The van der Waals surface area contributed by atoms with E-state index in [0.717, 1.165) is 0 Å². The summed E-state index contributed by atoms with van der Waals surface area (Å²) in [6, 6.07) is 8.60. The van der Waals surface area contributed by atoms with Crippen LogP contribution in [0.4, 0.5) is 5.69 Å². The van der Waals surface area contributed by atoms with Crippen LogP contribution in [0.15, 0.2) is 24.3 Å². The van der Waals surface area contributed by atoms with Crippen LogP contribution in [0, 0.1) is 0 Å². The highest BCUT2D eigenvalue weighted by Crippen LogP contribution is 2.33. The van der Waals surface area contributed by atoms with Crippen molar-refractivity contribution < 1.29 is 0 Å². The van der Waals surface area contributed by atoms with Crippen LogP contribution < -0.4 is 4.31 Å². The van der Waals surface area contributed by atoms with Gasteiger partial charge in [0.2, 0.25) is 0 Å². The molecule has 1 aliphatic rings. The lowest BCUT2D eigenvalue weighted by molar-refractivity contribution is 1.10. The molecule has 0 bridgehead atoms. The molecule has 64 valence electrons. The summed E-state index contributed by atoms with van der Waals surface area (Å²) < 4.78 is 2.29. The van der Waals surface area contributed by atoms with Crippen LogP contribution in [0.1, 0.15) is 5.56 Å². The molecule has 1 nitrogen and oxygen atoms in total. The molecule has 0 amide bonds. The van der Waals surface area contributed by atoms with E-state index in [9.17, 15) is 0 Å². The summed E-state index contributed by atoms with van der Waals surface area (Å²) in [5, 5.41) is 0. The van der Waals surface area contributed by atoms with Crippen molar-refractivity contribution in [3.8, 4) is 0 Å². The molecule has 0 aliphatic carbocycles. The zero-order valence-corrected chi connectivity index (χ0v) is 8.10. The van der Waals surface area contributed by atoms with E-state index >= 15 is 0 Å². The second-order valence-electron chi connectivity index (χ2n) is 3.04. The molecule has 12 heavy (non-hydrogen) atoms. The number of aryl methyl sites for hydroxylation is 1. The lowest BCUT2D eigenvalue weighted by Crippen LogP contribution is -2.18. The Balaban J connectivity index is 2.48. The molecule has 0 aromatic heterocycles. The maximum atomic E-state index is 4.13. The smallest absolute Gasteiger partial charge is 0.0493 e. The van der Waals surface area contributed by atoms with Gasteiger partial charge in [0, 0.05) is 18.5 Å². The minimum absolute atomic E-state index is 0.187. The minimum Gasteiger partial charge on any atom is -0.325 e. The SMILES string of the molecule is C=S1CCc2ccccc2N1C. The van der Waals surface area contributed by atoms with Gasteiger partial charge < -0.3 is 4.31 Å². The van der Waals surface area contributed by atoms with Gasteiger partial charge in [0.15, 0.2) is 0 Å². The normalized spacial score (nSPS) is 22.1. The van der Waals surface area contributed by atoms with Crippen molar-refractivity contribution >= 4 is 22.2 Å². The van der Waals surface area contributed by atoms with E-state index in [1.807, 2.05) is 0 Å².